The monoisotopic (exact) mass is 368 g/mol. The summed E-state index contributed by atoms with van der Waals surface area (Å²) in [6, 6.07) is 0. The summed E-state index contributed by atoms with van der Waals surface area (Å²) in [4.78, 5) is 13.9. The molecule has 2 aromatic heterocycles. The zero-order valence-electron chi connectivity index (χ0n) is 14.4. The Kier molecular flexibility index (Phi) is 5.93. The molecular weight excluding hydrogens is 344 g/mol. The van der Waals surface area contributed by atoms with Gasteiger partial charge in [0.25, 0.3) is 0 Å². The lowest BCUT2D eigenvalue weighted by Crippen LogP contribution is -2.25. The van der Waals surface area contributed by atoms with Crippen LogP contribution in [0, 0.1) is 0 Å². The van der Waals surface area contributed by atoms with Gasteiger partial charge in [-0.3, -0.25) is 0 Å². The van der Waals surface area contributed by atoms with Gasteiger partial charge in [-0.1, -0.05) is 11.8 Å². The average molecular weight is 369 g/mol. The van der Waals surface area contributed by atoms with Crippen LogP contribution in [-0.4, -0.2) is 53.7 Å². The normalized spacial score (nSPS) is 15.3. The lowest BCUT2D eigenvalue weighted by atomic mass is 10.1. The van der Waals surface area contributed by atoms with E-state index in [-0.39, 0.29) is 6.29 Å². The number of nitrogen functional groups attached to an aromatic ring is 1. The summed E-state index contributed by atoms with van der Waals surface area (Å²) in [5.41, 5.74) is 7.59. The Morgan fingerprint density at radius 1 is 1.29 bits per heavy atom. The highest BCUT2D eigenvalue weighted by molar-refractivity contribution is 7.99. The first kappa shape index (κ1) is 17.9. The number of thiophene rings is 1. The molecule has 0 aliphatic carbocycles. The first-order chi connectivity index (χ1) is 11.6. The Hall–Kier alpha value is -0.930. The van der Waals surface area contributed by atoms with Gasteiger partial charge in [-0.15, -0.1) is 11.3 Å². The van der Waals surface area contributed by atoms with Crippen LogP contribution in [0.4, 0.5) is 5.82 Å². The maximum atomic E-state index is 6.25. The van der Waals surface area contributed by atoms with Crippen LogP contribution >= 0.6 is 23.1 Å². The van der Waals surface area contributed by atoms with Crippen molar-refractivity contribution in [1.82, 2.24) is 14.9 Å². The Bertz CT molecular complexity index is 701. The molecular formula is C16H24N4O2S2. The van der Waals surface area contributed by atoms with Gasteiger partial charge >= 0.3 is 0 Å². The molecule has 8 heteroatoms. The van der Waals surface area contributed by atoms with E-state index >= 15 is 0 Å². The summed E-state index contributed by atoms with van der Waals surface area (Å²) in [6.07, 6.45) is 0.776. The van der Waals surface area contributed by atoms with E-state index in [9.17, 15) is 0 Å². The van der Waals surface area contributed by atoms with E-state index in [1.54, 1.807) is 11.3 Å². The molecule has 1 aliphatic heterocycles. The highest BCUT2D eigenvalue weighted by Crippen LogP contribution is 2.37. The van der Waals surface area contributed by atoms with Crippen LogP contribution in [0.2, 0.25) is 0 Å². The molecule has 2 N–H and O–H groups in total. The molecule has 0 radical (unpaired) electrons. The molecule has 0 bridgehead atoms. The number of aromatic nitrogens is 2. The van der Waals surface area contributed by atoms with E-state index in [2.05, 4.69) is 16.9 Å². The number of likely N-dealkylation sites (N-methyl/N-ethyl adjacent to an activating group) is 1. The fourth-order valence-electron chi connectivity index (χ4n) is 2.85. The Morgan fingerprint density at radius 2 is 2.04 bits per heavy atom. The summed E-state index contributed by atoms with van der Waals surface area (Å²) in [5, 5.41) is 1.75. The van der Waals surface area contributed by atoms with Crippen LogP contribution in [-0.2, 0) is 22.4 Å². The molecule has 0 amide bonds. The van der Waals surface area contributed by atoms with Gasteiger partial charge in [-0.05, 0) is 32.9 Å². The first-order valence-electron chi connectivity index (χ1n) is 8.24. The highest BCUT2D eigenvalue weighted by atomic mass is 32.2. The maximum absolute atomic E-state index is 6.25. The molecule has 0 atom stereocenters. The summed E-state index contributed by atoms with van der Waals surface area (Å²) in [7, 11) is 2.14. The van der Waals surface area contributed by atoms with Crippen LogP contribution in [0.25, 0.3) is 10.2 Å². The predicted octanol–water partition coefficient (Wildman–Crippen LogP) is 2.75. The van der Waals surface area contributed by atoms with Crippen molar-refractivity contribution in [2.45, 2.75) is 38.3 Å². The average Bonchev–Trinajstić information content (AvgIpc) is 2.90. The SMILES string of the molecule is CCOC(CSc1nc(N)c2c3c(sc2n1)CN(C)CC3)OCC. The largest absolute Gasteiger partial charge is 0.383 e. The van der Waals surface area contributed by atoms with Gasteiger partial charge in [0.05, 0.1) is 11.1 Å². The second-order valence-electron chi connectivity index (χ2n) is 5.71. The van der Waals surface area contributed by atoms with E-state index in [0.717, 1.165) is 29.7 Å². The van der Waals surface area contributed by atoms with E-state index in [4.69, 9.17) is 20.2 Å². The van der Waals surface area contributed by atoms with Crippen LogP contribution in [0.5, 0.6) is 0 Å². The number of fused-ring (bicyclic) bond motifs is 3. The number of nitrogens with two attached hydrogens (primary N) is 1. The molecule has 0 saturated carbocycles. The van der Waals surface area contributed by atoms with Gasteiger partial charge in [0.1, 0.15) is 10.6 Å². The number of thioether (sulfide) groups is 1. The fraction of sp³-hybridized carbons (Fsp3) is 0.625. The molecule has 1 aliphatic rings. The van der Waals surface area contributed by atoms with Crippen molar-refractivity contribution in [3.63, 3.8) is 0 Å². The van der Waals surface area contributed by atoms with Crippen molar-refractivity contribution in [3.05, 3.63) is 10.4 Å². The van der Waals surface area contributed by atoms with Crippen LogP contribution < -0.4 is 5.73 Å². The van der Waals surface area contributed by atoms with Crippen molar-refractivity contribution in [3.8, 4) is 0 Å². The van der Waals surface area contributed by atoms with Gasteiger partial charge in [-0.25, -0.2) is 9.97 Å². The maximum Gasteiger partial charge on any atom is 0.191 e. The standard InChI is InChI=1S/C16H24N4O2S2/c1-4-21-12(22-5-2)9-23-16-18-14(17)13-10-6-7-20(3)8-11(10)24-15(13)19-16/h12H,4-9H2,1-3H3,(H2,17,18,19). The van der Waals surface area contributed by atoms with E-state index in [0.29, 0.717) is 29.9 Å². The molecule has 2 aromatic rings. The molecule has 0 spiro atoms. The third-order valence-electron chi connectivity index (χ3n) is 3.95. The fourth-order valence-corrected chi connectivity index (χ4v) is 5.02. The molecule has 3 rings (SSSR count). The number of hydrogen-bond acceptors (Lipinski definition) is 8. The van der Waals surface area contributed by atoms with Crippen molar-refractivity contribution in [2.24, 2.45) is 0 Å². The molecule has 0 saturated heterocycles. The van der Waals surface area contributed by atoms with Gasteiger partial charge in [0.2, 0.25) is 0 Å². The molecule has 6 nitrogen and oxygen atoms in total. The smallest absolute Gasteiger partial charge is 0.191 e. The highest BCUT2D eigenvalue weighted by Gasteiger charge is 2.22. The molecule has 132 valence electrons. The summed E-state index contributed by atoms with van der Waals surface area (Å²) in [5.74, 6) is 1.24. The first-order valence-corrected chi connectivity index (χ1v) is 10.0. The Labute approximate surface area is 150 Å². The van der Waals surface area contributed by atoms with Crippen LogP contribution in [0.3, 0.4) is 0 Å². The molecule has 0 aromatic carbocycles. The topological polar surface area (TPSA) is 73.5 Å². The number of ether oxygens (including phenoxy) is 2. The number of rotatable bonds is 7. The minimum atomic E-state index is -0.240. The minimum absolute atomic E-state index is 0.240. The van der Waals surface area contributed by atoms with Crippen molar-refractivity contribution >= 4 is 39.1 Å². The minimum Gasteiger partial charge on any atom is -0.383 e. The third-order valence-corrected chi connectivity index (χ3v) is 5.94. The van der Waals surface area contributed by atoms with Crippen molar-refractivity contribution < 1.29 is 9.47 Å². The van der Waals surface area contributed by atoms with Crippen LogP contribution in [0.1, 0.15) is 24.3 Å². The number of anilines is 1. The van der Waals surface area contributed by atoms with Crippen LogP contribution in [0.15, 0.2) is 5.16 Å². The second-order valence-corrected chi connectivity index (χ2v) is 7.79. The second kappa shape index (κ2) is 7.97. The Morgan fingerprint density at radius 3 is 2.75 bits per heavy atom. The van der Waals surface area contributed by atoms with E-state index in [1.165, 1.54) is 22.2 Å². The summed E-state index contributed by atoms with van der Waals surface area (Å²) in [6.45, 7) is 7.19. The lowest BCUT2D eigenvalue weighted by molar-refractivity contribution is -0.120. The van der Waals surface area contributed by atoms with E-state index < -0.39 is 0 Å². The molecule has 3 heterocycles. The molecule has 0 fully saturated rings. The summed E-state index contributed by atoms with van der Waals surface area (Å²) < 4.78 is 11.1. The summed E-state index contributed by atoms with van der Waals surface area (Å²) >= 11 is 3.27. The number of nitrogens with zero attached hydrogens (tertiary/aromatic N) is 3. The van der Waals surface area contributed by atoms with E-state index in [1.807, 2.05) is 13.8 Å². The lowest BCUT2D eigenvalue weighted by Gasteiger charge is -2.22. The van der Waals surface area contributed by atoms with Crippen molar-refractivity contribution in [2.75, 3.05) is 38.3 Å². The third kappa shape index (κ3) is 3.83. The zero-order chi connectivity index (χ0) is 17.1. The predicted molar refractivity (Wildman–Crippen MR) is 99.6 cm³/mol. The van der Waals surface area contributed by atoms with Gasteiger partial charge in [0.15, 0.2) is 11.4 Å². The van der Waals surface area contributed by atoms with Crippen molar-refractivity contribution in [1.29, 1.82) is 0 Å². The Balaban J connectivity index is 1.80. The van der Waals surface area contributed by atoms with Gasteiger partial charge < -0.3 is 20.1 Å². The quantitative estimate of drug-likeness (QED) is 0.457. The van der Waals surface area contributed by atoms with Gasteiger partial charge in [-0.2, -0.15) is 0 Å². The zero-order valence-corrected chi connectivity index (χ0v) is 16.0. The molecule has 24 heavy (non-hydrogen) atoms. The number of hydrogen-bond donors (Lipinski definition) is 1. The van der Waals surface area contributed by atoms with Gasteiger partial charge in [0, 0.05) is 31.2 Å². The molecule has 0 unspecified atom stereocenters.